The molecule has 0 bridgehead atoms. The lowest BCUT2D eigenvalue weighted by Gasteiger charge is -2.33. The van der Waals surface area contributed by atoms with E-state index in [4.69, 9.17) is 4.74 Å². The predicted molar refractivity (Wildman–Crippen MR) is 132 cm³/mol. The highest BCUT2D eigenvalue weighted by Crippen LogP contribution is 2.51. The van der Waals surface area contributed by atoms with Gasteiger partial charge in [0, 0.05) is 43.0 Å². The fourth-order valence-corrected chi connectivity index (χ4v) is 5.41. The summed E-state index contributed by atoms with van der Waals surface area (Å²) in [5.41, 5.74) is 4.60. The van der Waals surface area contributed by atoms with Gasteiger partial charge in [0.25, 0.3) is 5.56 Å². The van der Waals surface area contributed by atoms with Crippen LogP contribution in [0.2, 0.25) is 0 Å². The minimum atomic E-state index is -1.05. The number of hydrogen-bond acceptors (Lipinski definition) is 4. The van der Waals surface area contributed by atoms with Crippen molar-refractivity contribution in [2.24, 2.45) is 0 Å². The zero-order valence-electron chi connectivity index (χ0n) is 20.5. The lowest BCUT2D eigenvalue weighted by Crippen LogP contribution is -2.38. The normalized spacial score (nSPS) is 19.5. The van der Waals surface area contributed by atoms with Crippen LogP contribution in [-0.2, 0) is 6.54 Å². The molecule has 1 aromatic heterocycles. The molecule has 6 heteroatoms. The van der Waals surface area contributed by atoms with Crippen LogP contribution < -0.4 is 10.3 Å². The molecular formula is C28H36N2O4. The number of benzene rings is 1. The number of likely N-dealkylation sites (tertiary alicyclic amines) is 1. The molecule has 2 heterocycles. The standard InChI is InChI=1S/C28H36N2O4/c1-17(2)34-26-15-25(20-6-7-20)24(19-4-5-19)14-21(26)16-29-11-8-22(9-12-29)30-13-10-23(28(32)33)18(3)27(30)31/h10,13-15,17,19-20,22H,4-9,11-12,16H2,1-3H3,(H,32,33). The molecule has 2 aliphatic carbocycles. The van der Waals surface area contributed by atoms with E-state index in [1.165, 1.54) is 36.8 Å². The molecule has 5 rings (SSSR count). The lowest BCUT2D eigenvalue weighted by molar-refractivity contribution is 0.0695. The van der Waals surface area contributed by atoms with Gasteiger partial charge in [-0.25, -0.2) is 4.79 Å². The van der Waals surface area contributed by atoms with Gasteiger partial charge in [0.15, 0.2) is 0 Å². The van der Waals surface area contributed by atoms with Gasteiger partial charge in [-0.05, 0) is 94.4 Å². The Kier molecular flexibility index (Phi) is 6.28. The molecule has 0 unspecified atom stereocenters. The van der Waals surface area contributed by atoms with Crippen LogP contribution in [0.5, 0.6) is 5.75 Å². The maximum Gasteiger partial charge on any atom is 0.336 e. The van der Waals surface area contributed by atoms with E-state index in [1.54, 1.807) is 29.3 Å². The minimum Gasteiger partial charge on any atom is -0.491 e. The van der Waals surface area contributed by atoms with E-state index >= 15 is 0 Å². The highest BCUT2D eigenvalue weighted by molar-refractivity contribution is 5.88. The zero-order chi connectivity index (χ0) is 24.0. The molecule has 34 heavy (non-hydrogen) atoms. The van der Waals surface area contributed by atoms with Gasteiger partial charge in [0.05, 0.1) is 11.7 Å². The van der Waals surface area contributed by atoms with E-state index in [2.05, 4.69) is 30.9 Å². The maximum absolute atomic E-state index is 12.8. The summed E-state index contributed by atoms with van der Waals surface area (Å²) >= 11 is 0. The highest BCUT2D eigenvalue weighted by atomic mass is 16.5. The lowest BCUT2D eigenvalue weighted by atomic mass is 9.95. The molecule has 1 saturated heterocycles. The van der Waals surface area contributed by atoms with Gasteiger partial charge < -0.3 is 14.4 Å². The maximum atomic E-state index is 12.8. The van der Waals surface area contributed by atoms with Crippen molar-refractivity contribution in [3.05, 3.63) is 62.6 Å². The summed E-state index contributed by atoms with van der Waals surface area (Å²) in [6.45, 7) is 8.47. The molecule has 0 amide bonds. The van der Waals surface area contributed by atoms with Crippen LogP contribution >= 0.6 is 0 Å². The molecule has 182 valence electrons. The van der Waals surface area contributed by atoms with Crippen molar-refractivity contribution in [2.75, 3.05) is 13.1 Å². The van der Waals surface area contributed by atoms with Gasteiger partial charge in [-0.3, -0.25) is 9.69 Å². The molecule has 0 atom stereocenters. The summed E-state index contributed by atoms with van der Waals surface area (Å²) < 4.78 is 8.03. The monoisotopic (exact) mass is 464 g/mol. The molecule has 1 aliphatic heterocycles. The topological polar surface area (TPSA) is 71.8 Å². The van der Waals surface area contributed by atoms with Gasteiger partial charge in [-0.1, -0.05) is 6.07 Å². The Hall–Kier alpha value is -2.60. The van der Waals surface area contributed by atoms with E-state index < -0.39 is 5.97 Å². The number of nitrogens with zero attached hydrogens (tertiary/aromatic N) is 2. The number of ether oxygens (including phenoxy) is 1. The largest absolute Gasteiger partial charge is 0.491 e. The second-order valence-corrected chi connectivity index (χ2v) is 10.7. The van der Waals surface area contributed by atoms with Gasteiger partial charge in [0.2, 0.25) is 0 Å². The van der Waals surface area contributed by atoms with Crippen LogP contribution in [0.25, 0.3) is 0 Å². The van der Waals surface area contributed by atoms with Crippen LogP contribution in [0.4, 0.5) is 0 Å². The fourth-order valence-electron chi connectivity index (χ4n) is 5.41. The fraction of sp³-hybridized carbons (Fsp3) is 0.571. The van der Waals surface area contributed by atoms with E-state index in [0.717, 1.165) is 50.1 Å². The number of carboxylic acids is 1. The van der Waals surface area contributed by atoms with Crippen LogP contribution in [-0.4, -0.2) is 39.7 Å². The third-order valence-electron chi connectivity index (χ3n) is 7.60. The summed E-state index contributed by atoms with van der Waals surface area (Å²) in [6.07, 6.45) is 8.79. The second-order valence-electron chi connectivity index (χ2n) is 10.7. The van der Waals surface area contributed by atoms with Crippen molar-refractivity contribution in [2.45, 2.75) is 89.8 Å². The molecule has 3 fully saturated rings. The Bertz CT molecular complexity index is 1140. The van der Waals surface area contributed by atoms with Gasteiger partial charge in [-0.15, -0.1) is 0 Å². The quantitative estimate of drug-likeness (QED) is 0.579. The zero-order valence-corrected chi connectivity index (χ0v) is 20.5. The number of aromatic carboxylic acids is 1. The van der Waals surface area contributed by atoms with Crippen LogP contribution in [0.3, 0.4) is 0 Å². The number of rotatable bonds is 8. The first-order valence-corrected chi connectivity index (χ1v) is 12.8. The molecule has 0 spiro atoms. The third kappa shape index (κ3) is 4.78. The summed E-state index contributed by atoms with van der Waals surface area (Å²) in [5, 5.41) is 9.29. The van der Waals surface area contributed by atoms with E-state index in [-0.39, 0.29) is 23.3 Å². The Morgan fingerprint density at radius 3 is 2.24 bits per heavy atom. The average Bonchev–Trinajstić information content (AvgIpc) is 3.69. The Labute approximate surface area is 201 Å². The smallest absolute Gasteiger partial charge is 0.336 e. The van der Waals surface area contributed by atoms with E-state index in [9.17, 15) is 14.7 Å². The number of pyridine rings is 1. The molecule has 2 aromatic rings. The highest BCUT2D eigenvalue weighted by Gasteiger charge is 2.34. The van der Waals surface area contributed by atoms with Crippen molar-refractivity contribution in [3.63, 3.8) is 0 Å². The first-order valence-electron chi connectivity index (χ1n) is 12.8. The SMILES string of the molecule is Cc1c(C(=O)O)ccn(C2CCN(Cc3cc(C4CC4)c(C4CC4)cc3OC(C)C)CC2)c1=O. The molecular weight excluding hydrogens is 428 g/mol. The van der Waals surface area contributed by atoms with Crippen molar-refractivity contribution >= 4 is 5.97 Å². The van der Waals surface area contributed by atoms with Crippen LogP contribution in [0.1, 0.15) is 103 Å². The molecule has 1 N–H and O–H groups in total. The number of piperidine rings is 1. The predicted octanol–water partition coefficient (Wildman–Crippen LogP) is 5.23. The molecule has 6 nitrogen and oxygen atoms in total. The summed E-state index contributed by atoms with van der Waals surface area (Å²) in [6, 6.07) is 6.45. The summed E-state index contributed by atoms with van der Waals surface area (Å²) in [4.78, 5) is 26.6. The van der Waals surface area contributed by atoms with Gasteiger partial charge in [0.1, 0.15) is 5.75 Å². The first-order chi connectivity index (χ1) is 16.3. The molecule has 1 aromatic carbocycles. The van der Waals surface area contributed by atoms with Crippen molar-refractivity contribution < 1.29 is 14.6 Å². The van der Waals surface area contributed by atoms with Gasteiger partial charge >= 0.3 is 5.97 Å². The molecule has 3 aliphatic rings. The summed E-state index contributed by atoms with van der Waals surface area (Å²) in [7, 11) is 0. The average molecular weight is 465 g/mol. The Morgan fingerprint density at radius 1 is 1.06 bits per heavy atom. The van der Waals surface area contributed by atoms with Crippen molar-refractivity contribution in [3.8, 4) is 5.75 Å². The Morgan fingerprint density at radius 2 is 1.68 bits per heavy atom. The number of carbonyl (C=O) groups is 1. The third-order valence-corrected chi connectivity index (χ3v) is 7.60. The van der Waals surface area contributed by atoms with Gasteiger partial charge in [-0.2, -0.15) is 0 Å². The van der Waals surface area contributed by atoms with Crippen molar-refractivity contribution in [1.82, 2.24) is 9.47 Å². The van der Waals surface area contributed by atoms with Crippen molar-refractivity contribution in [1.29, 1.82) is 0 Å². The number of hydrogen-bond donors (Lipinski definition) is 1. The number of carboxylic acid groups (broad SMARTS) is 1. The number of aromatic nitrogens is 1. The van der Waals surface area contributed by atoms with E-state index in [0.29, 0.717) is 5.56 Å². The first kappa shape index (κ1) is 23.2. The molecule has 2 saturated carbocycles. The minimum absolute atomic E-state index is 0.0949. The van der Waals surface area contributed by atoms with Crippen LogP contribution in [0, 0.1) is 6.92 Å². The summed E-state index contributed by atoms with van der Waals surface area (Å²) in [5.74, 6) is 1.45. The molecule has 0 radical (unpaired) electrons. The Balaban J connectivity index is 1.32. The van der Waals surface area contributed by atoms with Crippen LogP contribution in [0.15, 0.2) is 29.2 Å². The van der Waals surface area contributed by atoms with E-state index in [1.807, 2.05) is 0 Å². The second kappa shape index (κ2) is 9.21.